The molecule has 0 radical (unpaired) electrons. The second-order valence-corrected chi connectivity index (χ2v) is 4.89. The third kappa shape index (κ3) is 3.19. The van der Waals surface area contributed by atoms with Gasteiger partial charge in [0.2, 0.25) is 0 Å². The maximum atomic E-state index is 5.81. The Morgan fingerprint density at radius 2 is 1.76 bits per heavy atom. The predicted molar refractivity (Wildman–Crippen MR) is 72.2 cm³/mol. The molecule has 2 rings (SSSR count). The van der Waals surface area contributed by atoms with Gasteiger partial charge in [0.05, 0.1) is 0 Å². The van der Waals surface area contributed by atoms with E-state index in [2.05, 4.69) is 22.0 Å². The standard InChI is InChI=1S/C14H23N3/c1-12-7-8-13(11-15)14(16-12)17-9-5-3-2-4-6-10-17/h7-8H,2-6,9-11,15H2,1H3. The van der Waals surface area contributed by atoms with E-state index in [0.717, 1.165) is 24.6 Å². The highest BCUT2D eigenvalue weighted by atomic mass is 15.2. The summed E-state index contributed by atoms with van der Waals surface area (Å²) in [5.74, 6) is 1.12. The Labute approximate surface area is 104 Å². The van der Waals surface area contributed by atoms with Gasteiger partial charge >= 0.3 is 0 Å². The van der Waals surface area contributed by atoms with Crippen LogP contribution in [0.25, 0.3) is 0 Å². The lowest BCUT2D eigenvalue weighted by Gasteiger charge is -2.27. The van der Waals surface area contributed by atoms with E-state index in [4.69, 9.17) is 5.73 Å². The molecule has 0 spiro atoms. The number of rotatable bonds is 2. The fraction of sp³-hybridized carbons (Fsp3) is 0.643. The van der Waals surface area contributed by atoms with Gasteiger partial charge in [-0.05, 0) is 25.8 Å². The Hall–Kier alpha value is -1.09. The molecular weight excluding hydrogens is 210 g/mol. The minimum atomic E-state index is 0.582. The van der Waals surface area contributed by atoms with Crippen LogP contribution in [0.5, 0.6) is 0 Å². The summed E-state index contributed by atoms with van der Waals surface area (Å²) in [6, 6.07) is 4.17. The van der Waals surface area contributed by atoms with Crippen LogP contribution in [0.15, 0.2) is 12.1 Å². The van der Waals surface area contributed by atoms with Crippen molar-refractivity contribution in [2.24, 2.45) is 5.73 Å². The smallest absolute Gasteiger partial charge is 0.133 e. The van der Waals surface area contributed by atoms with E-state index in [-0.39, 0.29) is 0 Å². The molecule has 1 aliphatic rings. The largest absolute Gasteiger partial charge is 0.356 e. The number of nitrogens with two attached hydrogens (primary N) is 1. The van der Waals surface area contributed by atoms with Crippen molar-refractivity contribution in [3.8, 4) is 0 Å². The molecule has 1 saturated heterocycles. The highest BCUT2D eigenvalue weighted by Gasteiger charge is 2.13. The van der Waals surface area contributed by atoms with Crippen LogP contribution in [-0.4, -0.2) is 18.1 Å². The maximum absolute atomic E-state index is 5.81. The maximum Gasteiger partial charge on any atom is 0.133 e. The fourth-order valence-corrected chi connectivity index (χ4v) is 2.46. The first-order valence-electron chi connectivity index (χ1n) is 6.73. The van der Waals surface area contributed by atoms with Crippen LogP contribution in [-0.2, 0) is 6.54 Å². The van der Waals surface area contributed by atoms with Gasteiger partial charge in [0, 0.05) is 30.9 Å². The van der Waals surface area contributed by atoms with Gasteiger partial charge in [0.25, 0.3) is 0 Å². The zero-order valence-electron chi connectivity index (χ0n) is 10.8. The van der Waals surface area contributed by atoms with Crippen molar-refractivity contribution in [2.75, 3.05) is 18.0 Å². The lowest BCUT2D eigenvalue weighted by Crippen LogP contribution is -2.29. The molecule has 2 heterocycles. The normalized spacial score (nSPS) is 17.6. The fourth-order valence-electron chi connectivity index (χ4n) is 2.46. The Morgan fingerprint density at radius 1 is 1.12 bits per heavy atom. The lowest BCUT2D eigenvalue weighted by molar-refractivity contribution is 0.552. The second-order valence-electron chi connectivity index (χ2n) is 4.89. The average Bonchev–Trinajstić information content (AvgIpc) is 2.28. The van der Waals surface area contributed by atoms with Gasteiger partial charge in [0.1, 0.15) is 5.82 Å². The van der Waals surface area contributed by atoms with Crippen LogP contribution in [0.4, 0.5) is 5.82 Å². The van der Waals surface area contributed by atoms with Gasteiger partial charge in [-0.25, -0.2) is 4.98 Å². The molecule has 0 bridgehead atoms. The molecule has 0 aliphatic carbocycles. The van der Waals surface area contributed by atoms with Crippen LogP contribution in [0, 0.1) is 6.92 Å². The van der Waals surface area contributed by atoms with Gasteiger partial charge < -0.3 is 10.6 Å². The summed E-state index contributed by atoms with van der Waals surface area (Å²) in [7, 11) is 0. The van der Waals surface area contributed by atoms with E-state index in [0.29, 0.717) is 6.54 Å². The van der Waals surface area contributed by atoms with Crippen LogP contribution in [0.3, 0.4) is 0 Å². The topological polar surface area (TPSA) is 42.1 Å². The first-order valence-corrected chi connectivity index (χ1v) is 6.73. The summed E-state index contributed by atoms with van der Waals surface area (Å²) in [5, 5.41) is 0. The number of pyridine rings is 1. The molecular formula is C14H23N3. The predicted octanol–water partition coefficient (Wildman–Crippen LogP) is 2.62. The minimum Gasteiger partial charge on any atom is -0.356 e. The van der Waals surface area contributed by atoms with E-state index < -0.39 is 0 Å². The van der Waals surface area contributed by atoms with Crippen LogP contribution in [0.2, 0.25) is 0 Å². The molecule has 17 heavy (non-hydrogen) atoms. The summed E-state index contributed by atoms with van der Waals surface area (Å²) in [5.41, 5.74) is 8.07. The molecule has 3 heteroatoms. The number of anilines is 1. The summed E-state index contributed by atoms with van der Waals surface area (Å²) in [6.45, 7) is 4.89. The van der Waals surface area contributed by atoms with Crippen molar-refractivity contribution in [3.63, 3.8) is 0 Å². The van der Waals surface area contributed by atoms with Crippen molar-refractivity contribution >= 4 is 5.82 Å². The molecule has 1 fully saturated rings. The SMILES string of the molecule is Cc1ccc(CN)c(N2CCCCCCC2)n1. The molecule has 0 saturated carbocycles. The number of hydrogen-bond acceptors (Lipinski definition) is 3. The number of aryl methyl sites for hydroxylation is 1. The van der Waals surface area contributed by atoms with Crippen molar-refractivity contribution < 1.29 is 0 Å². The third-order valence-corrected chi connectivity index (χ3v) is 3.47. The average molecular weight is 233 g/mol. The quantitative estimate of drug-likeness (QED) is 0.854. The van der Waals surface area contributed by atoms with Crippen molar-refractivity contribution in [1.29, 1.82) is 0 Å². The van der Waals surface area contributed by atoms with E-state index in [1.54, 1.807) is 0 Å². The van der Waals surface area contributed by atoms with Crippen LogP contribution >= 0.6 is 0 Å². The summed E-state index contributed by atoms with van der Waals surface area (Å²) in [4.78, 5) is 7.11. The summed E-state index contributed by atoms with van der Waals surface area (Å²) >= 11 is 0. The van der Waals surface area contributed by atoms with Gasteiger partial charge in [-0.1, -0.05) is 25.3 Å². The lowest BCUT2D eigenvalue weighted by atomic mass is 10.1. The van der Waals surface area contributed by atoms with E-state index in [1.807, 2.05) is 6.92 Å². The van der Waals surface area contributed by atoms with Crippen molar-refractivity contribution in [3.05, 3.63) is 23.4 Å². The highest BCUT2D eigenvalue weighted by molar-refractivity contribution is 5.47. The van der Waals surface area contributed by atoms with Crippen LogP contribution in [0.1, 0.15) is 43.4 Å². The molecule has 0 aromatic carbocycles. The second kappa shape index (κ2) is 6.01. The van der Waals surface area contributed by atoms with E-state index >= 15 is 0 Å². The minimum absolute atomic E-state index is 0.582. The number of nitrogens with zero attached hydrogens (tertiary/aromatic N) is 2. The molecule has 0 atom stereocenters. The molecule has 0 unspecified atom stereocenters. The zero-order chi connectivity index (χ0) is 12.1. The molecule has 0 amide bonds. The molecule has 94 valence electrons. The van der Waals surface area contributed by atoms with E-state index in [9.17, 15) is 0 Å². The van der Waals surface area contributed by atoms with Gasteiger partial charge in [-0.3, -0.25) is 0 Å². The van der Waals surface area contributed by atoms with Gasteiger partial charge in [-0.15, -0.1) is 0 Å². The third-order valence-electron chi connectivity index (χ3n) is 3.47. The summed E-state index contributed by atoms with van der Waals surface area (Å²) < 4.78 is 0. The van der Waals surface area contributed by atoms with Crippen molar-refractivity contribution in [2.45, 2.75) is 45.6 Å². The molecule has 1 aromatic rings. The molecule has 3 nitrogen and oxygen atoms in total. The molecule has 1 aromatic heterocycles. The first kappa shape index (κ1) is 12.4. The van der Waals surface area contributed by atoms with Gasteiger partial charge in [-0.2, -0.15) is 0 Å². The summed E-state index contributed by atoms with van der Waals surface area (Å²) in [6.07, 6.45) is 6.64. The molecule has 1 aliphatic heterocycles. The first-order chi connectivity index (χ1) is 8.31. The van der Waals surface area contributed by atoms with E-state index in [1.165, 1.54) is 37.7 Å². The Balaban J connectivity index is 2.20. The number of aromatic nitrogens is 1. The Morgan fingerprint density at radius 3 is 2.41 bits per heavy atom. The van der Waals surface area contributed by atoms with Gasteiger partial charge in [0.15, 0.2) is 0 Å². The van der Waals surface area contributed by atoms with Crippen LogP contribution < -0.4 is 10.6 Å². The van der Waals surface area contributed by atoms with Crippen molar-refractivity contribution in [1.82, 2.24) is 4.98 Å². The molecule has 2 N–H and O–H groups in total. The number of hydrogen-bond donors (Lipinski definition) is 1. The monoisotopic (exact) mass is 233 g/mol. The highest BCUT2D eigenvalue weighted by Crippen LogP contribution is 2.21. The Kier molecular flexibility index (Phi) is 4.37. The Bertz CT molecular complexity index is 354. The zero-order valence-corrected chi connectivity index (χ0v) is 10.8.